The first-order valence-electron chi connectivity index (χ1n) is 9.30. The van der Waals surface area contributed by atoms with Gasteiger partial charge in [-0.15, -0.1) is 0 Å². The van der Waals surface area contributed by atoms with Gasteiger partial charge in [0.2, 0.25) is 6.79 Å². The lowest BCUT2D eigenvalue weighted by molar-refractivity contribution is 0.0221. The number of fused-ring (bicyclic) bond motifs is 2. The van der Waals surface area contributed by atoms with Gasteiger partial charge < -0.3 is 24.4 Å². The maximum atomic E-state index is 12.4. The summed E-state index contributed by atoms with van der Waals surface area (Å²) in [6.45, 7) is 6.50. The fraction of sp³-hybridized carbons (Fsp3) is 0.421. The van der Waals surface area contributed by atoms with E-state index in [0.29, 0.717) is 42.5 Å². The molecule has 1 aromatic carbocycles. The molecule has 154 valence electrons. The molecule has 2 aromatic rings. The van der Waals surface area contributed by atoms with E-state index in [-0.39, 0.29) is 12.9 Å². The average molecular weight is 401 g/mol. The monoisotopic (exact) mass is 401 g/mol. The third-order valence-electron chi connectivity index (χ3n) is 4.45. The molecule has 0 atom stereocenters. The summed E-state index contributed by atoms with van der Waals surface area (Å²) in [7, 11) is 0. The number of nitrogens with one attached hydrogen (secondary N) is 3. The molecule has 10 heteroatoms. The summed E-state index contributed by atoms with van der Waals surface area (Å²) in [5.41, 5.74) is 1.68. The van der Waals surface area contributed by atoms with Crippen molar-refractivity contribution in [2.75, 3.05) is 24.0 Å². The first-order valence-corrected chi connectivity index (χ1v) is 9.30. The van der Waals surface area contributed by atoms with E-state index in [9.17, 15) is 9.59 Å². The number of ether oxygens (including phenoxy) is 3. The molecule has 3 N–H and O–H groups in total. The van der Waals surface area contributed by atoms with Crippen LogP contribution < -0.4 is 20.1 Å². The van der Waals surface area contributed by atoms with Crippen molar-refractivity contribution in [2.24, 2.45) is 0 Å². The number of aromatic amines is 1. The Morgan fingerprint density at radius 1 is 1.21 bits per heavy atom. The van der Waals surface area contributed by atoms with Crippen LogP contribution in [0.3, 0.4) is 0 Å². The third kappa shape index (κ3) is 4.20. The number of amides is 3. The Balaban J connectivity index is 1.38. The molecule has 3 heterocycles. The Labute approximate surface area is 167 Å². The van der Waals surface area contributed by atoms with E-state index in [0.717, 1.165) is 11.3 Å². The molecule has 2 aliphatic heterocycles. The molecule has 0 saturated carbocycles. The average Bonchev–Trinajstić information content (AvgIpc) is 3.26. The zero-order chi connectivity index (χ0) is 20.6. The summed E-state index contributed by atoms with van der Waals surface area (Å²) in [5.74, 6) is 1.68. The van der Waals surface area contributed by atoms with Gasteiger partial charge in [0.25, 0.3) is 0 Å². The Bertz CT molecular complexity index is 949. The van der Waals surface area contributed by atoms with E-state index in [1.165, 1.54) is 0 Å². The fourth-order valence-corrected chi connectivity index (χ4v) is 3.15. The highest BCUT2D eigenvalue weighted by atomic mass is 16.7. The van der Waals surface area contributed by atoms with Gasteiger partial charge in [-0.1, -0.05) is 0 Å². The highest BCUT2D eigenvalue weighted by Gasteiger charge is 2.28. The third-order valence-corrected chi connectivity index (χ3v) is 4.45. The molecule has 4 rings (SSSR count). The lowest BCUT2D eigenvalue weighted by atomic mass is 10.1. The first kappa shape index (κ1) is 18.9. The van der Waals surface area contributed by atoms with E-state index in [1.807, 2.05) is 20.8 Å². The molecule has 10 nitrogen and oxygen atoms in total. The first-order chi connectivity index (χ1) is 13.8. The van der Waals surface area contributed by atoms with Crippen LogP contribution in [0.1, 0.15) is 32.0 Å². The predicted octanol–water partition coefficient (Wildman–Crippen LogP) is 3.08. The van der Waals surface area contributed by atoms with Gasteiger partial charge in [-0.2, -0.15) is 5.10 Å². The molecule has 2 aliphatic rings. The zero-order valence-corrected chi connectivity index (χ0v) is 16.5. The van der Waals surface area contributed by atoms with Gasteiger partial charge in [-0.3, -0.25) is 10.4 Å². The van der Waals surface area contributed by atoms with E-state index in [2.05, 4.69) is 20.8 Å². The van der Waals surface area contributed by atoms with Crippen molar-refractivity contribution in [1.82, 2.24) is 15.1 Å². The number of carbonyl (C=O) groups is 2. The van der Waals surface area contributed by atoms with Gasteiger partial charge in [0.05, 0.1) is 12.2 Å². The molecule has 3 amide bonds. The largest absolute Gasteiger partial charge is 0.454 e. The molecular weight excluding hydrogens is 378 g/mol. The quantitative estimate of drug-likeness (QED) is 0.712. The summed E-state index contributed by atoms with van der Waals surface area (Å²) >= 11 is 0. The minimum Gasteiger partial charge on any atom is -0.454 e. The molecule has 1 aromatic heterocycles. The molecule has 0 aliphatic carbocycles. The molecule has 0 bridgehead atoms. The van der Waals surface area contributed by atoms with Crippen molar-refractivity contribution in [3.05, 3.63) is 29.5 Å². The number of aromatic nitrogens is 2. The van der Waals surface area contributed by atoms with Crippen LogP contribution in [0, 0.1) is 0 Å². The van der Waals surface area contributed by atoms with E-state index in [4.69, 9.17) is 14.2 Å². The number of carbonyl (C=O) groups excluding carboxylic acids is 2. The van der Waals surface area contributed by atoms with Crippen molar-refractivity contribution < 1.29 is 23.8 Å². The standard InChI is InChI=1S/C19H23N5O5/c1-19(2,3)29-18(26)24-7-6-12-13(9-24)22-23-16(12)21-17(25)20-11-4-5-14-15(8-11)28-10-27-14/h4-5,8H,6-7,9-10H2,1-3H3,(H3,20,21,22,23,25). The van der Waals surface area contributed by atoms with Gasteiger partial charge in [0, 0.05) is 23.9 Å². The topological polar surface area (TPSA) is 118 Å². The molecule has 0 spiro atoms. The Morgan fingerprint density at radius 3 is 2.79 bits per heavy atom. The van der Waals surface area contributed by atoms with Crippen LogP contribution in [0.25, 0.3) is 0 Å². The Hall–Kier alpha value is -3.43. The SMILES string of the molecule is CC(C)(C)OC(=O)N1CCc2c(NC(=O)Nc3ccc4c(c3)OCO4)n[nH]c2C1. The lowest BCUT2D eigenvalue weighted by Crippen LogP contribution is -2.40. The van der Waals surface area contributed by atoms with Crippen molar-refractivity contribution in [3.63, 3.8) is 0 Å². The van der Waals surface area contributed by atoms with Gasteiger partial charge >= 0.3 is 12.1 Å². The highest BCUT2D eigenvalue weighted by molar-refractivity contribution is 5.99. The number of urea groups is 1. The van der Waals surface area contributed by atoms with Crippen LogP contribution in [-0.2, 0) is 17.7 Å². The highest BCUT2D eigenvalue weighted by Crippen LogP contribution is 2.34. The summed E-state index contributed by atoms with van der Waals surface area (Å²) < 4.78 is 16.0. The molecular formula is C19H23N5O5. The Morgan fingerprint density at radius 2 is 2.00 bits per heavy atom. The van der Waals surface area contributed by atoms with Gasteiger partial charge in [0.1, 0.15) is 5.60 Å². The fourth-order valence-electron chi connectivity index (χ4n) is 3.15. The van der Waals surface area contributed by atoms with Gasteiger partial charge in [-0.05, 0) is 39.3 Å². The summed E-state index contributed by atoms with van der Waals surface area (Å²) in [5, 5.41) is 12.6. The number of nitrogens with zero attached hydrogens (tertiary/aromatic N) is 2. The van der Waals surface area contributed by atoms with E-state index >= 15 is 0 Å². The second-order valence-electron chi connectivity index (χ2n) is 7.83. The van der Waals surface area contributed by atoms with Crippen LogP contribution >= 0.6 is 0 Å². The number of H-pyrrole nitrogens is 1. The van der Waals surface area contributed by atoms with Crippen molar-refractivity contribution >= 4 is 23.6 Å². The van der Waals surface area contributed by atoms with Gasteiger partial charge in [-0.25, -0.2) is 9.59 Å². The molecule has 0 saturated heterocycles. The number of anilines is 2. The Kier molecular flexibility index (Phi) is 4.69. The summed E-state index contributed by atoms with van der Waals surface area (Å²) in [4.78, 5) is 26.2. The van der Waals surface area contributed by atoms with Crippen LogP contribution in [-0.4, -0.2) is 46.2 Å². The zero-order valence-electron chi connectivity index (χ0n) is 16.5. The number of rotatable bonds is 2. The van der Waals surface area contributed by atoms with E-state index in [1.54, 1.807) is 23.1 Å². The maximum Gasteiger partial charge on any atom is 0.410 e. The normalized spacial score (nSPS) is 14.9. The number of hydrogen-bond acceptors (Lipinski definition) is 6. The lowest BCUT2D eigenvalue weighted by Gasteiger charge is -2.29. The number of benzene rings is 1. The van der Waals surface area contributed by atoms with E-state index < -0.39 is 11.6 Å². The molecule has 0 unspecified atom stereocenters. The summed E-state index contributed by atoms with van der Waals surface area (Å²) in [6.07, 6.45) is 0.192. The smallest absolute Gasteiger partial charge is 0.410 e. The molecule has 29 heavy (non-hydrogen) atoms. The van der Waals surface area contributed by atoms with Crippen molar-refractivity contribution in [3.8, 4) is 11.5 Å². The molecule has 0 fully saturated rings. The minimum atomic E-state index is -0.551. The summed E-state index contributed by atoms with van der Waals surface area (Å²) in [6, 6.07) is 4.74. The van der Waals surface area contributed by atoms with Crippen molar-refractivity contribution in [2.45, 2.75) is 39.3 Å². The second kappa shape index (κ2) is 7.19. The van der Waals surface area contributed by atoms with Crippen LogP contribution in [0.4, 0.5) is 21.1 Å². The number of hydrogen-bond donors (Lipinski definition) is 3. The van der Waals surface area contributed by atoms with Crippen LogP contribution in [0.5, 0.6) is 11.5 Å². The van der Waals surface area contributed by atoms with Gasteiger partial charge in [0.15, 0.2) is 17.3 Å². The minimum absolute atomic E-state index is 0.171. The van der Waals surface area contributed by atoms with Crippen molar-refractivity contribution in [1.29, 1.82) is 0 Å². The van der Waals surface area contributed by atoms with Crippen LogP contribution in [0.2, 0.25) is 0 Å². The van der Waals surface area contributed by atoms with Crippen LogP contribution in [0.15, 0.2) is 18.2 Å². The predicted molar refractivity (Wildman–Crippen MR) is 104 cm³/mol. The molecule has 0 radical (unpaired) electrons. The second-order valence-corrected chi connectivity index (χ2v) is 7.83. The maximum absolute atomic E-state index is 12.4.